The Hall–Kier alpha value is -2.57. The fourth-order valence-electron chi connectivity index (χ4n) is 1.85. The maximum atomic E-state index is 12.2. The summed E-state index contributed by atoms with van der Waals surface area (Å²) < 4.78 is 10.4. The fourth-order valence-corrected chi connectivity index (χ4v) is 2.38. The van der Waals surface area contributed by atoms with Gasteiger partial charge in [-0.1, -0.05) is 29.3 Å². The van der Waals surface area contributed by atoms with Crippen molar-refractivity contribution in [2.45, 2.75) is 0 Å². The van der Waals surface area contributed by atoms with Gasteiger partial charge in [-0.25, -0.2) is 4.79 Å². The number of carbonyl (C=O) groups is 1. The molecule has 0 aliphatic heterocycles. The molecule has 0 amide bonds. The first-order valence-corrected chi connectivity index (χ1v) is 7.32. The first-order chi connectivity index (χ1) is 11.4. The lowest BCUT2D eigenvalue weighted by Crippen LogP contribution is -2.09. The van der Waals surface area contributed by atoms with Crippen LogP contribution in [0, 0.1) is 10.1 Å². The molecule has 24 heavy (non-hydrogen) atoms. The third kappa shape index (κ3) is 4.71. The van der Waals surface area contributed by atoms with E-state index >= 15 is 0 Å². The second-order valence-electron chi connectivity index (χ2n) is 4.56. The lowest BCUT2D eigenvalue weighted by molar-refractivity contribution is -0.400. The van der Waals surface area contributed by atoms with Crippen molar-refractivity contribution in [1.29, 1.82) is 0 Å². The zero-order valence-corrected chi connectivity index (χ0v) is 13.9. The quantitative estimate of drug-likeness (QED) is 0.337. The molecule has 2 rings (SSSR count). The number of hydrogen-bond acceptors (Lipinski definition) is 5. The Kier molecular flexibility index (Phi) is 5.78. The van der Waals surface area contributed by atoms with Crippen LogP contribution in [0.15, 0.2) is 42.6 Å². The molecule has 0 radical (unpaired) electrons. The maximum absolute atomic E-state index is 12.2. The summed E-state index contributed by atoms with van der Waals surface area (Å²) in [7, 11) is 1.39. The molecule has 6 nitrogen and oxygen atoms in total. The van der Waals surface area contributed by atoms with Crippen molar-refractivity contribution in [3.63, 3.8) is 0 Å². The average molecular weight is 368 g/mol. The summed E-state index contributed by atoms with van der Waals surface area (Å²) in [6, 6.07) is 8.88. The summed E-state index contributed by atoms with van der Waals surface area (Å²) in [6.45, 7) is 0. The molecule has 0 saturated heterocycles. The molecule has 0 aliphatic carbocycles. The average Bonchev–Trinajstić information content (AvgIpc) is 2.52. The zero-order valence-electron chi connectivity index (χ0n) is 12.4. The van der Waals surface area contributed by atoms with E-state index < -0.39 is 10.9 Å². The topological polar surface area (TPSA) is 78.7 Å². The minimum absolute atomic E-state index is 0.164. The van der Waals surface area contributed by atoms with Crippen molar-refractivity contribution in [3.05, 3.63) is 73.9 Å². The smallest absolute Gasteiger partial charge is 0.343 e. The molecule has 0 aliphatic rings. The predicted molar refractivity (Wildman–Crippen MR) is 90.4 cm³/mol. The number of halogens is 2. The Bertz CT molecular complexity index is 800. The molecule has 0 unspecified atom stereocenters. The van der Waals surface area contributed by atoms with Gasteiger partial charge in [0.2, 0.25) is 6.20 Å². The van der Waals surface area contributed by atoms with E-state index in [9.17, 15) is 14.9 Å². The minimum atomic E-state index is -0.661. The van der Waals surface area contributed by atoms with Crippen LogP contribution in [0.1, 0.15) is 15.9 Å². The molecule has 0 heterocycles. The summed E-state index contributed by atoms with van der Waals surface area (Å²) in [5.41, 5.74) is 0.709. The number of esters is 1. The Morgan fingerprint density at radius 3 is 2.38 bits per heavy atom. The van der Waals surface area contributed by atoms with E-state index in [4.69, 9.17) is 32.7 Å². The van der Waals surface area contributed by atoms with Crippen LogP contribution in [0.4, 0.5) is 0 Å². The van der Waals surface area contributed by atoms with Crippen molar-refractivity contribution in [2.24, 2.45) is 0 Å². The number of nitrogens with zero attached hydrogens (tertiary/aromatic N) is 1. The van der Waals surface area contributed by atoms with Crippen molar-refractivity contribution in [2.75, 3.05) is 7.11 Å². The Morgan fingerprint density at radius 1 is 1.12 bits per heavy atom. The monoisotopic (exact) mass is 367 g/mol. The summed E-state index contributed by atoms with van der Waals surface area (Å²) in [6.07, 6.45) is 2.10. The van der Waals surface area contributed by atoms with Gasteiger partial charge >= 0.3 is 5.97 Å². The summed E-state index contributed by atoms with van der Waals surface area (Å²) in [4.78, 5) is 22.0. The molecular weight excluding hydrogens is 357 g/mol. The van der Waals surface area contributed by atoms with Crippen LogP contribution < -0.4 is 9.47 Å². The van der Waals surface area contributed by atoms with E-state index in [2.05, 4.69) is 0 Å². The largest absolute Gasteiger partial charge is 0.493 e. The molecule has 8 heteroatoms. The standard InChI is InChI=1S/C16H11Cl2NO5/c1-23-15-6-10(4-5-19(21)22)2-3-14(15)24-16(20)11-7-12(17)9-13(18)8-11/h2-9H,1H3/b5-4+. The zero-order chi connectivity index (χ0) is 17.7. The fraction of sp³-hybridized carbons (Fsp3) is 0.0625. The summed E-state index contributed by atoms with van der Waals surface area (Å²) in [5, 5.41) is 11.0. The lowest BCUT2D eigenvalue weighted by atomic mass is 10.2. The Balaban J connectivity index is 2.25. The van der Waals surface area contributed by atoms with Crippen molar-refractivity contribution in [1.82, 2.24) is 0 Å². The molecule has 0 bridgehead atoms. The van der Waals surface area contributed by atoms with Gasteiger partial charge in [0.05, 0.1) is 17.6 Å². The van der Waals surface area contributed by atoms with Gasteiger partial charge in [0.25, 0.3) is 0 Å². The second-order valence-corrected chi connectivity index (χ2v) is 5.43. The molecule has 0 spiro atoms. The summed E-state index contributed by atoms with van der Waals surface area (Å²) >= 11 is 11.7. The van der Waals surface area contributed by atoms with Gasteiger partial charge in [-0.2, -0.15) is 0 Å². The minimum Gasteiger partial charge on any atom is -0.493 e. The van der Waals surface area contributed by atoms with Crippen LogP contribution >= 0.6 is 23.2 Å². The van der Waals surface area contributed by atoms with Gasteiger partial charge < -0.3 is 9.47 Å². The number of ether oxygens (including phenoxy) is 2. The van der Waals surface area contributed by atoms with Crippen molar-refractivity contribution >= 4 is 35.2 Å². The lowest BCUT2D eigenvalue weighted by Gasteiger charge is -2.10. The predicted octanol–water partition coefficient (Wildman–Crippen LogP) is 4.47. The first kappa shape index (κ1) is 17.8. The van der Waals surface area contributed by atoms with E-state index in [1.165, 1.54) is 43.5 Å². The number of carbonyl (C=O) groups excluding carboxylic acids is 1. The molecule has 0 N–H and O–H groups in total. The molecule has 0 aromatic heterocycles. The highest BCUT2D eigenvalue weighted by molar-refractivity contribution is 6.35. The SMILES string of the molecule is COc1cc(/C=C/[N+](=O)[O-])ccc1OC(=O)c1cc(Cl)cc(Cl)c1. The number of nitro groups is 1. The molecule has 2 aromatic carbocycles. The van der Waals surface area contributed by atoms with Gasteiger partial charge in [-0.15, -0.1) is 0 Å². The van der Waals surface area contributed by atoms with Gasteiger partial charge in [-0.05, 0) is 35.9 Å². The van der Waals surface area contributed by atoms with E-state index in [-0.39, 0.29) is 17.1 Å². The van der Waals surface area contributed by atoms with Crippen LogP contribution in [-0.2, 0) is 0 Å². The van der Waals surface area contributed by atoms with Gasteiger partial charge in [0, 0.05) is 16.1 Å². The number of methoxy groups -OCH3 is 1. The number of rotatable bonds is 5. The highest BCUT2D eigenvalue weighted by Gasteiger charge is 2.14. The van der Waals surface area contributed by atoms with Crippen molar-refractivity contribution in [3.8, 4) is 11.5 Å². The van der Waals surface area contributed by atoms with Crippen LogP contribution in [0.5, 0.6) is 11.5 Å². The molecule has 0 fully saturated rings. The molecule has 0 atom stereocenters. The molecule has 0 saturated carbocycles. The van der Waals surface area contributed by atoms with E-state index in [0.717, 1.165) is 6.20 Å². The maximum Gasteiger partial charge on any atom is 0.343 e. The van der Waals surface area contributed by atoms with E-state index in [0.29, 0.717) is 15.6 Å². The summed E-state index contributed by atoms with van der Waals surface area (Å²) in [5.74, 6) is -0.245. The van der Waals surface area contributed by atoms with Gasteiger partial charge in [-0.3, -0.25) is 10.1 Å². The normalized spacial score (nSPS) is 10.6. The third-order valence-electron chi connectivity index (χ3n) is 2.88. The van der Waals surface area contributed by atoms with E-state index in [1.807, 2.05) is 0 Å². The van der Waals surface area contributed by atoms with Gasteiger partial charge in [0.1, 0.15) is 0 Å². The van der Waals surface area contributed by atoms with Crippen LogP contribution in [0.25, 0.3) is 6.08 Å². The van der Waals surface area contributed by atoms with Crippen molar-refractivity contribution < 1.29 is 19.2 Å². The van der Waals surface area contributed by atoms with Crippen LogP contribution in [-0.4, -0.2) is 18.0 Å². The Labute approximate surface area is 147 Å². The van der Waals surface area contributed by atoms with Crippen LogP contribution in [0.2, 0.25) is 10.0 Å². The highest BCUT2D eigenvalue weighted by Crippen LogP contribution is 2.30. The second kappa shape index (κ2) is 7.81. The molecular formula is C16H11Cl2NO5. The molecule has 2 aromatic rings. The Morgan fingerprint density at radius 2 is 1.79 bits per heavy atom. The number of hydrogen-bond donors (Lipinski definition) is 0. The highest BCUT2D eigenvalue weighted by atomic mass is 35.5. The van der Waals surface area contributed by atoms with Gasteiger partial charge in [0.15, 0.2) is 11.5 Å². The molecule has 124 valence electrons. The first-order valence-electron chi connectivity index (χ1n) is 6.57. The van der Waals surface area contributed by atoms with E-state index in [1.54, 1.807) is 6.07 Å². The van der Waals surface area contributed by atoms with Crippen LogP contribution in [0.3, 0.4) is 0 Å². The third-order valence-corrected chi connectivity index (χ3v) is 3.31. The number of benzene rings is 2.